The minimum atomic E-state index is -1.34. The molecule has 0 aromatic heterocycles. The highest BCUT2D eigenvalue weighted by molar-refractivity contribution is 5.76. The molecule has 2 aromatic rings. The van der Waals surface area contributed by atoms with E-state index in [0.717, 1.165) is 6.07 Å². The van der Waals surface area contributed by atoms with Gasteiger partial charge >= 0.3 is 17.1 Å². The summed E-state index contributed by atoms with van der Waals surface area (Å²) in [6, 6.07) is 8.87. The molecule has 0 aliphatic carbocycles. The minimum absolute atomic E-state index is 0.0211. The Labute approximate surface area is 132 Å². The summed E-state index contributed by atoms with van der Waals surface area (Å²) in [5.41, 5.74) is -4.29. The van der Waals surface area contributed by atoms with Crippen molar-refractivity contribution in [1.29, 1.82) is 0 Å². The van der Waals surface area contributed by atoms with Crippen LogP contribution < -0.4 is 0 Å². The van der Waals surface area contributed by atoms with Crippen molar-refractivity contribution in [3.8, 4) is 0 Å². The zero-order valence-electron chi connectivity index (χ0n) is 11.6. The second-order valence-corrected chi connectivity index (χ2v) is 4.28. The Morgan fingerprint density at radius 2 is 1.29 bits per heavy atom. The van der Waals surface area contributed by atoms with E-state index in [0.29, 0.717) is 6.07 Å². The fourth-order valence-corrected chi connectivity index (χ4v) is 1.86. The average Bonchev–Trinajstić information content (AvgIpc) is 2.54. The number of nitrogens with zero attached hydrogens (tertiary/aromatic N) is 5. The van der Waals surface area contributed by atoms with Crippen molar-refractivity contribution in [2.75, 3.05) is 0 Å². The Morgan fingerprint density at radius 1 is 0.708 bits per heavy atom. The number of hydrogen-bond donors (Lipinski definition) is 0. The fraction of sp³-hybridized carbons (Fsp3) is 0. The van der Waals surface area contributed by atoms with Crippen molar-refractivity contribution in [3.63, 3.8) is 0 Å². The van der Waals surface area contributed by atoms with Crippen LogP contribution in [-0.4, -0.2) is 19.6 Å². The molecule has 0 aliphatic rings. The molecule has 0 atom stereocenters. The van der Waals surface area contributed by atoms with E-state index in [1.165, 1.54) is 24.3 Å². The van der Waals surface area contributed by atoms with Gasteiger partial charge < -0.3 is 5.21 Å². The van der Waals surface area contributed by atoms with Crippen molar-refractivity contribution in [2.45, 2.75) is 0 Å². The predicted octanol–water partition coefficient (Wildman–Crippen LogP) is 3.34. The zero-order chi connectivity index (χ0) is 17.9. The molecule has 0 bridgehead atoms. The van der Waals surface area contributed by atoms with Crippen LogP contribution in [0, 0.1) is 35.6 Å². The van der Waals surface area contributed by atoms with Crippen molar-refractivity contribution in [3.05, 3.63) is 78.0 Å². The molecule has 122 valence electrons. The number of nitro benzene ring substituents is 3. The van der Waals surface area contributed by atoms with Crippen molar-refractivity contribution >= 4 is 28.4 Å². The minimum Gasteiger partial charge on any atom is -0.594 e. The highest BCUT2D eigenvalue weighted by atomic mass is 16.6. The Hall–Kier alpha value is -3.96. The first-order valence-electron chi connectivity index (χ1n) is 6.17. The normalized spacial score (nSPS) is 11.1. The third kappa shape index (κ3) is 3.11. The van der Waals surface area contributed by atoms with E-state index < -0.39 is 37.5 Å². The third-order valence-electron chi connectivity index (χ3n) is 2.85. The van der Waals surface area contributed by atoms with Gasteiger partial charge in [0.1, 0.15) is 0 Å². The van der Waals surface area contributed by atoms with Gasteiger partial charge in [0, 0.05) is 23.3 Å². The Morgan fingerprint density at radius 3 is 1.79 bits per heavy atom. The molecule has 0 fully saturated rings. The molecule has 0 heterocycles. The zero-order valence-corrected chi connectivity index (χ0v) is 11.6. The van der Waals surface area contributed by atoms with E-state index in [9.17, 15) is 35.6 Å². The Bertz CT molecular complexity index is 866. The van der Waals surface area contributed by atoms with Gasteiger partial charge in [0.15, 0.2) is 0 Å². The van der Waals surface area contributed by atoms with Crippen LogP contribution in [0.25, 0.3) is 0 Å². The number of rotatable bonds is 5. The maximum absolute atomic E-state index is 11.9. The standard InChI is InChI=1S/C12H7N5O7/c18-14(8-4-2-1-3-5-8)13-9-6-7-10(15(19)20)12(17(23)24)11(9)16(21)22/h1-7H. The molecule has 2 aromatic carbocycles. The van der Waals surface area contributed by atoms with Crippen molar-refractivity contribution < 1.29 is 19.6 Å². The first kappa shape index (κ1) is 16.4. The molecule has 2 rings (SSSR count). The van der Waals surface area contributed by atoms with Crippen LogP contribution in [0.15, 0.2) is 47.6 Å². The SMILES string of the molecule is O=[N+]([O-])c1ccc(N=[N+]([O-])c2ccccc2)c([N+](=O)[O-])c1[N+](=O)[O-]. The van der Waals surface area contributed by atoms with Gasteiger partial charge in [0.2, 0.25) is 11.4 Å². The quantitative estimate of drug-likeness (QED) is 0.349. The van der Waals surface area contributed by atoms with E-state index >= 15 is 0 Å². The molecule has 0 unspecified atom stereocenters. The molecule has 0 aliphatic heterocycles. The Kier molecular flexibility index (Phi) is 4.40. The topological polar surface area (TPSA) is 168 Å². The summed E-state index contributed by atoms with van der Waals surface area (Å²) in [7, 11) is 0. The van der Waals surface area contributed by atoms with Crippen LogP contribution >= 0.6 is 0 Å². The summed E-state index contributed by atoms with van der Waals surface area (Å²) in [6.07, 6.45) is 0. The van der Waals surface area contributed by atoms with E-state index in [2.05, 4.69) is 5.11 Å². The van der Waals surface area contributed by atoms with Gasteiger partial charge in [-0.3, -0.25) is 30.3 Å². The number of benzene rings is 2. The lowest BCUT2D eigenvalue weighted by atomic mass is 10.2. The first-order valence-corrected chi connectivity index (χ1v) is 6.17. The highest BCUT2D eigenvalue weighted by Crippen LogP contribution is 2.43. The molecule has 12 heteroatoms. The van der Waals surface area contributed by atoms with E-state index in [1.54, 1.807) is 6.07 Å². The Balaban J connectivity index is 2.72. The lowest BCUT2D eigenvalue weighted by Gasteiger charge is -2.01. The number of para-hydroxylation sites is 1. The maximum Gasteiger partial charge on any atom is 0.424 e. The number of nitro groups is 3. The lowest BCUT2D eigenvalue weighted by molar-refractivity contribution is -0.445. The van der Waals surface area contributed by atoms with E-state index in [4.69, 9.17) is 0 Å². The molecular weight excluding hydrogens is 326 g/mol. The van der Waals surface area contributed by atoms with Crippen molar-refractivity contribution in [2.24, 2.45) is 5.11 Å². The molecule has 12 nitrogen and oxygen atoms in total. The van der Waals surface area contributed by atoms with Crippen LogP contribution in [0.3, 0.4) is 0 Å². The predicted molar refractivity (Wildman–Crippen MR) is 78.2 cm³/mol. The monoisotopic (exact) mass is 333 g/mol. The number of azo groups is 1. The smallest absolute Gasteiger partial charge is 0.424 e. The van der Waals surface area contributed by atoms with Crippen LogP contribution in [0.4, 0.5) is 28.4 Å². The van der Waals surface area contributed by atoms with E-state index in [1.807, 2.05) is 0 Å². The molecule has 0 radical (unpaired) electrons. The van der Waals surface area contributed by atoms with Gasteiger partial charge in [-0.2, -0.15) is 0 Å². The fourth-order valence-electron chi connectivity index (χ4n) is 1.86. The average molecular weight is 333 g/mol. The van der Waals surface area contributed by atoms with Crippen molar-refractivity contribution in [1.82, 2.24) is 0 Å². The van der Waals surface area contributed by atoms with Gasteiger partial charge in [0.05, 0.1) is 14.8 Å². The van der Waals surface area contributed by atoms with Gasteiger partial charge in [-0.05, 0) is 10.9 Å². The van der Waals surface area contributed by atoms with Crippen LogP contribution in [0.1, 0.15) is 0 Å². The second kappa shape index (κ2) is 6.43. The summed E-state index contributed by atoms with van der Waals surface area (Å²) in [4.78, 5) is 29.4. The number of hydrogen-bond acceptors (Lipinski definition) is 8. The van der Waals surface area contributed by atoms with Gasteiger partial charge in [-0.1, -0.05) is 18.2 Å². The lowest BCUT2D eigenvalue weighted by Crippen LogP contribution is -2.02. The molecule has 0 amide bonds. The van der Waals surface area contributed by atoms with Crippen LogP contribution in [0.5, 0.6) is 0 Å². The van der Waals surface area contributed by atoms with Gasteiger partial charge in [0.25, 0.3) is 0 Å². The molecule has 0 spiro atoms. The van der Waals surface area contributed by atoms with E-state index in [-0.39, 0.29) is 10.5 Å². The summed E-state index contributed by atoms with van der Waals surface area (Å²) in [6.45, 7) is 0. The van der Waals surface area contributed by atoms with Crippen LogP contribution in [0.2, 0.25) is 0 Å². The molecule has 0 saturated heterocycles. The summed E-state index contributed by atoms with van der Waals surface area (Å²) >= 11 is 0. The highest BCUT2D eigenvalue weighted by Gasteiger charge is 2.40. The largest absolute Gasteiger partial charge is 0.594 e. The molecule has 24 heavy (non-hydrogen) atoms. The third-order valence-corrected chi connectivity index (χ3v) is 2.85. The molecular formula is C12H7N5O7. The molecule has 0 saturated carbocycles. The summed E-state index contributed by atoms with van der Waals surface area (Å²) < 4.78 is 0. The second-order valence-electron chi connectivity index (χ2n) is 4.28. The van der Waals surface area contributed by atoms with Gasteiger partial charge in [-0.15, -0.1) is 0 Å². The first-order chi connectivity index (χ1) is 11.3. The summed E-state index contributed by atoms with van der Waals surface area (Å²) in [5.74, 6) is 0. The summed E-state index contributed by atoms with van der Waals surface area (Å²) in [5, 5.41) is 48.3. The maximum atomic E-state index is 11.9. The molecule has 0 N–H and O–H groups in total. The van der Waals surface area contributed by atoms with Gasteiger partial charge in [-0.25, -0.2) is 0 Å². The van der Waals surface area contributed by atoms with Crippen LogP contribution in [-0.2, 0) is 0 Å².